The van der Waals surface area contributed by atoms with Gasteiger partial charge >= 0.3 is 0 Å². The van der Waals surface area contributed by atoms with Crippen molar-refractivity contribution in [2.24, 2.45) is 4.99 Å². The molecule has 0 saturated heterocycles. The maximum atomic E-state index is 11.8. The summed E-state index contributed by atoms with van der Waals surface area (Å²) in [6.07, 6.45) is 5.64. The summed E-state index contributed by atoms with van der Waals surface area (Å²) >= 11 is 0. The van der Waals surface area contributed by atoms with Gasteiger partial charge in [-0.15, -0.1) is 0 Å². The Morgan fingerprint density at radius 3 is 2.38 bits per heavy atom. The highest BCUT2D eigenvalue weighted by Crippen LogP contribution is 2.20. The number of hydrogen-bond donors (Lipinski definition) is 0. The van der Waals surface area contributed by atoms with Crippen LogP contribution < -0.4 is 0 Å². The first-order valence-electron chi connectivity index (χ1n) is 5.64. The standard InChI is InChI=1S/C11H18N2O2S/c1-9(2)16(14,15)11(7-12)8-13-10-5-3-4-6-10/h8-11H,3-6H2,1-2H3. The van der Waals surface area contributed by atoms with E-state index in [-0.39, 0.29) is 6.04 Å². The monoisotopic (exact) mass is 242 g/mol. The Bertz CT molecular complexity index is 387. The zero-order valence-electron chi connectivity index (χ0n) is 9.76. The van der Waals surface area contributed by atoms with Crippen molar-refractivity contribution in [2.75, 3.05) is 0 Å². The van der Waals surface area contributed by atoms with Gasteiger partial charge in [0.05, 0.1) is 11.3 Å². The second-order valence-corrected chi connectivity index (χ2v) is 7.05. The molecule has 1 rings (SSSR count). The molecule has 5 heteroatoms. The molecule has 1 atom stereocenters. The summed E-state index contributed by atoms with van der Waals surface area (Å²) < 4.78 is 23.5. The van der Waals surface area contributed by atoms with Crippen LogP contribution in [-0.2, 0) is 9.84 Å². The maximum absolute atomic E-state index is 11.8. The Balaban J connectivity index is 2.73. The van der Waals surface area contributed by atoms with E-state index in [0.717, 1.165) is 25.7 Å². The zero-order valence-corrected chi connectivity index (χ0v) is 10.6. The van der Waals surface area contributed by atoms with Crippen LogP contribution in [0.2, 0.25) is 0 Å². The average molecular weight is 242 g/mol. The third kappa shape index (κ3) is 3.05. The molecule has 0 aromatic rings. The van der Waals surface area contributed by atoms with Gasteiger partial charge in [-0.25, -0.2) is 8.42 Å². The average Bonchev–Trinajstić information content (AvgIpc) is 2.71. The first-order valence-corrected chi connectivity index (χ1v) is 7.25. The molecule has 0 N–H and O–H groups in total. The van der Waals surface area contributed by atoms with E-state index in [4.69, 9.17) is 5.26 Å². The van der Waals surface area contributed by atoms with Crippen LogP contribution in [-0.4, -0.2) is 31.2 Å². The lowest BCUT2D eigenvalue weighted by molar-refractivity contribution is 0.587. The molecular weight excluding hydrogens is 224 g/mol. The van der Waals surface area contributed by atoms with Gasteiger partial charge in [-0.05, 0) is 26.7 Å². The molecule has 1 saturated carbocycles. The summed E-state index contributed by atoms with van der Waals surface area (Å²) in [6.45, 7) is 3.17. The molecule has 0 bridgehead atoms. The molecule has 16 heavy (non-hydrogen) atoms. The summed E-state index contributed by atoms with van der Waals surface area (Å²) in [4.78, 5) is 4.22. The van der Waals surface area contributed by atoms with Crippen molar-refractivity contribution in [2.45, 2.75) is 56.1 Å². The first kappa shape index (κ1) is 13.2. The fourth-order valence-corrected chi connectivity index (χ4v) is 2.71. The second-order valence-electron chi connectivity index (χ2n) is 4.42. The number of hydrogen-bond acceptors (Lipinski definition) is 4. The summed E-state index contributed by atoms with van der Waals surface area (Å²) in [6, 6.07) is 2.03. The number of nitrogens with zero attached hydrogens (tertiary/aromatic N) is 2. The van der Waals surface area contributed by atoms with Gasteiger partial charge in [0.1, 0.15) is 0 Å². The maximum Gasteiger partial charge on any atom is 0.182 e. The second kappa shape index (κ2) is 5.44. The van der Waals surface area contributed by atoms with Gasteiger partial charge in [-0.1, -0.05) is 12.8 Å². The van der Waals surface area contributed by atoms with Gasteiger partial charge < -0.3 is 0 Å². The summed E-state index contributed by atoms with van der Waals surface area (Å²) in [5, 5.41) is 7.24. The Kier molecular flexibility index (Phi) is 4.48. The molecule has 0 heterocycles. The van der Waals surface area contributed by atoms with Crippen LogP contribution in [0.1, 0.15) is 39.5 Å². The Labute approximate surface area is 97.3 Å². The molecule has 0 aromatic carbocycles. The van der Waals surface area contributed by atoms with Gasteiger partial charge in [0.15, 0.2) is 15.1 Å². The van der Waals surface area contributed by atoms with Gasteiger partial charge in [0.25, 0.3) is 0 Å². The van der Waals surface area contributed by atoms with Crippen LogP contribution in [0.5, 0.6) is 0 Å². The molecule has 1 fully saturated rings. The Morgan fingerprint density at radius 2 is 1.94 bits per heavy atom. The van der Waals surface area contributed by atoms with Crippen LogP contribution in [0, 0.1) is 11.3 Å². The largest absolute Gasteiger partial charge is 0.292 e. The minimum Gasteiger partial charge on any atom is -0.292 e. The van der Waals surface area contributed by atoms with E-state index >= 15 is 0 Å². The predicted molar refractivity (Wildman–Crippen MR) is 64.2 cm³/mol. The normalized spacial score (nSPS) is 20.4. The van der Waals surface area contributed by atoms with Crippen molar-refractivity contribution >= 4 is 16.1 Å². The highest BCUT2D eigenvalue weighted by atomic mass is 32.2. The van der Waals surface area contributed by atoms with Crippen molar-refractivity contribution in [1.29, 1.82) is 5.26 Å². The third-order valence-corrected chi connectivity index (χ3v) is 5.14. The SMILES string of the molecule is CC(C)S(=O)(=O)C(C#N)C=NC1CCCC1. The van der Waals surface area contributed by atoms with Gasteiger partial charge in [-0.3, -0.25) is 4.99 Å². The summed E-state index contributed by atoms with van der Waals surface area (Å²) in [7, 11) is -3.39. The molecule has 1 aliphatic carbocycles. The van der Waals surface area contributed by atoms with E-state index in [1.54, 1.807) is 13.8 Å². The van der Waals surface area contributed by atoms with Crippen molar-refractivity contribution in [3.63, 3.8) is 0 Å². The van der Waals surface area contributed by atoms with E-state index in [2.05, 4.69) is 4.99 Å². The summed E-state index contributed by atoms with van der Waals surface area (Å²) in [5.41, 5.74) is 0. The van der Waals surface area contributed by atoms with E-state index in [1.165, 1.54) is 6.21 Å². The molecule has 0 amide bonds. The number of aliphatic imine (C=N–C) groups is 1. The fraction of sp³-hybridized carbons (Fsp3) is 0.818. The lowest BCUT2D eigenvalue weighted by Gasteiger charge is -2.10. The lowest BCUT2D eigenvalue weighted by Crippen LogP contribution is -2.28. The lowest BCUT2D eigenvalue weighted by atomic mass is 10.3. The molecule has 0 aromatic heterocycles. The Hall–Kier alpha value is -0.890. The van der Waals surface area contributed by atoms with E-state index in [9.17, 15) is 8.42 Å². The topological polar surface area (TPSA) is 70.3 Å². The third-order valence-electron chi connectivity index (χ3n) is 2.90. The number of nitriles is 1. The van der Waals surface area contributed by atoms with Crippen LogP contribution >= 0.6 is 0 Å². The van der Waals surface area contributed by atoms with Crippen LogP contribution in [0.25, 0.3) is 0 Å². The van der Waals surface area contributed by atoms with Gasteiger partial charge in [0.2, 0.25) is 0 Å². The Morgan fingerprint density at radius 1 is 1.38 bits per heavy atom. The fourth-order valence-electron chi connectivity index (χ4n) is 1.74. The predicted octanol–water partition coefficient (Wildman–Crippen LogP) is 1.72. The highest BCUT2D eigenvalue weighted by Gasteiger charge is 2.27. The molecule has 4 nitrogen and oxygen atoms in total. The molecular formula is C11H18N2O2S. The number of rotatable bonds is 4. The van der Waals surface area contributed by atoms with Crippen LogP contribution in [0.3, 0.4) is 0 Å². The quantitative estimate of drug-likeness (QED) is 0.705. The van der Waals surface area contributed by atoms with Crippen molar-refractivity contribution in [3.8, 4) is 6.07 Å². The molecule has 0 aliphatic heterocycles. The van der Waals surface area contributed by atoms with Crippen LogP contribution in [0.15, 0.2) is 4.99 Å². The van der Waals surface area contributed by atoms with E-state index in [1.807, 2.05) is 6.07 Å². The smallest absolute Gasteiger partial charge is 0.182 e. The minimum atomic E-state index is -3.39. The van der Waals surface area contributed by atoms with Crippen molar-refractivity contribution in [3.05, 3.63) is 0 Å². The molecule has 0 radical (unpaired) electrons. The molecule has 1 aliphatic rings. The van der Waals surface area contributed by atoms with Gasteiger partial charge in [-0.2, -0.15) is 5.26 Å². The molecule has 1 unspecified atom stereocenters. The van der Waals surface area contributed by atoms with Crippen molar-refractivity contribution < 1.29 is 8.42 Å². The van der Waals surface area contributed by atoms with Crippen LogP contribution in [0.4, 0.5) is 0 Å². The van der Waals surface area contributed by atoms with Gasteiger partial charge in [0, 0.05) is 12.3 Å². The molecule has 0 spiro atoms. The van der Waals surface area contributed by atoms with E-state index in [0.29, 0.717) is 0 Å². The number of sulfone groups is 1. The first-order chi connectivity index (χ1) is 7.48. The highest BCUT2D eigenvalue weighted by molar-refractivity contribution is 7.93. The summed E-state index contributed by atoms with van der Waals surface area (Å²) in [5.74, 6) is 0. The van der Waals surface area contributed by atoms with E-state index < -0.39 is 20.3 Å². The van der Waals surface area contributed by atoms with Crippen molar-refractivity contribution in [1.82, 2.24) is 0 Å². The molecule has 90 valence electrons. The minimum absolute atomic E-state index is 0.221. The zero-order chi connectivity index (χ0) is 12.2.